The Morgan fingerprint density at radius 1 is 1.55 bits per heavy atom. The molecule has 1 amide bonds. The van der Waals surface area contributed by atoms with E-state index in [9.17, 15) is 9.59 Å². The number of amides is 1. The Kier molecular flexibility index (Phi) is 4.74. The van der Waals surface area contributed by atoms with Gasteiger partial charge in [-0.05, 0) is 30.0 Å². The molecule has 0 radical (unpaired) electrons. The number of rotatable bonds is 4. The molecular weight excluding hydrogens is 314 g/mol. The fraction of sp³-hybridized carbons (Fsp3) is 0.154. The molecule has 2 rings (SSSR count). The van der Waals surface area contributed by atoms with Crippen molar-refractivity contribution >= 4 is 57.1 Å². The van der Waals surface area contributed by atoms with Crippen molar-refractivity contribution in [3.63, 3.8) is 0 Å². The summed E-state index contributed by atoms with van der Waals surface area (Å²) in [5.74, 6) is -1.43. The molecule has 0 unspecified atom stereocenters. The molecule has 1 aromatic rings. The minimum atomic E-state index is -1.08. The maximum absolute atomic E-state index is 12.0. The fourth-order valence-electron chi connectivity index (χ4n) is 1.57. The van der Waals surface area contributed by atoms with Crippen LogP contribution in [0, 0.1) is 0 Å². The standard InChI is InChI=1S/C13H11NO3S3/c1-8(9-3-2-6-19-9)4-5-10-12(17)14(7-11(15)16)13(18)20-10/h2-6H,7H2,1H3,(H,15,16)/b8-4-,10-5+. The summed E-state index contributed by atoms with van der Waals surface area (Å²) >= 11 is 7.77. The third kappa shape index (κ3) is 3.36. The largest absolute Gasteiger partial charge is 0.480 e. The molecule has 1 fully saturated rings. The molecule has 0 aliphatic carbocycles. The average Bonchev–Trinajstić information content (AvgIpc) is 3.00. The lowest BCUT2D eigenvalue weighted by Crippen LogP contribution is -2.33. The van der Waals surface area contributed by atoms with Crippen LogP contribution in [0.1, 0.15) is 11.8 Å². The smallest absolute Gasteiger partial charge is 0.323 e. The van der Waals surface area contributed by atoms with Gasteiger partial charge in [0.15, 0.2) is 0 Å². The maximum Gasteiger partial charge on any atom is 0.323 e. The van der Waals surface area contributed by atoms with Crippen molar-refractivity contribution in [2.24, 2.45) is 0 Å². The lowest BCUT2D eigenvalue weighted by molar-refractivity contribution is -0.140. The van der Waals surface area contributed by atoms with E-state index < -0.39 is 12.5 Å². The third-order valence-electron chi connectivity index (χ3n) is 2.56. The maximum atomic E-state index is 12.0. The Labute approximate surface area is 129 Å². The Morgan fingerprint density at radius 2 is 2.30 bits per heavy atom. The number of hydrogen-bond donors (Lipinski definition) is 1. The van der Waals surface area contributed by atoms with E-state index in [2.05, 4.69) is 0 Å². The van der Waals surface area contributed by atoms with Crippen LogP contribution < -0.4 is 0 Å². The van der Waals surface area contributed by atoms with Gasteiger partial charge in [0.25, 0.3) is 5.91 Å². The van der Waals surface area contributed by atoms with Crippen molar-refractivity contribution in [1.29, 1.82) is 0 Å². The molecule has 1 saturated heterocycles. The van der Waals surface area contributed by atoms with E-state index >= 15 is 0 Å². The first-order chi connectivity index (χ1) is 9.49. The topological polar surface area (TPSA) is 57.6 Å². The van der Waals surface area contributed by atoms with E-state index in [0.717, 1.165) is 27.1 Å². The minimum Gasteiger partial charge on any atom is -0.480 e. The number of allylic oxidation sites excluding steroid dienone is 3. The molecule has 104 valence electrons. The lowest BCUT2D eigenvalue weighted by Gasteiger charge is -2.09. The highest BCUT2D eigenvalue weighted by Crippen LogP contribution is 2.31. The van der Waals surface area contributed by atoms with Gasteiger partial charge in [-0.3, -0.25) is 14.5 Å². The molecule has 2 heterocycles. The predicted molar refractivity (Wildman–Crippen MR) is 85.6 cm³/mol. The summed E-state index contributed by atoms with van der Waals surface area (Å²) in [5, 5.41) is 10.7. The molecule has 0 spiro atoms. The van der Waals surface area contributed by atoms with E-state index in [1.165, 1.54) is 0 Å². The van der Waals surface area contributed by atoms with Crippen LogP contribution in [-0.4, -0.2) is 32.7 Å². The number of carbonyl (C=O) groups is 2. The summed E-state index contributed by atoms with van der Waals surface area (Å²) in [6.45, 7) is 1.57. The molecule has 1 aliphatic heterocycles. The Morgan fingerprint density at radius 3 is 2.90 bits per heavy atom. The monoisotopic (exact) mass is 325 g/mol. The summed E-state index contributed by atoms with van der Waals surface area (Å²) < 4.78 is 0.283. The normalized spacial score (nSPS) is 18.1. The number of nitrogens with zero attached hydrogens (tertiary/aromatic N) is 1. The number of thiocarbonyl (C=S) groups is 1. The quantitative estimate of drug-likeness (QED) is 0.681. The molecule has 1 N–H and O–H groups in total. The van der Waals surface area contributed by atoms with Gasteiger partial charge >= 0.3 is 5.97 Å². The molecule has 1 aromatic heterocycles. The van der Waals surface area contributed by atoms with Crippen LogP contribution in [0.2, 0.25) is 0 Å². The first-order valence-electron chi connectivity index (χ1n) is 5.67. The zero-order valence-electron chi connectivity index (χ0n) is 10.5. The molecule has 0 aromatic carbocycles. The van der Waals surface area contributed by atoms with Crippen molar-refractivity contribution in [2.45, 2.75) is 6.92 Å². The van der Waals surface area contributed by atoms with Crippen molar-refractivity contribution in [1.82, 2.24) is 4.90 Å². The van der Waals surface area contributed by atoms with Gasteiger partial charge < -0.3 is 5.11 Å². The van der Waals surface area contributed by atoms with Crippen LogP contribution in [0.4, 0.5) is 0 Å². The van der Waals surface area contributed by atoms with E-state index in [1.54, 1.807) is 17.4 Å². The molecule has 0 atom stereocenters. The van der Waals surface area contributed by atoms with E-state index in [-0.39, 0.29) is 10.2 Å². The Hall–Kier alpha value is -1.44. The Bertz CT molecular complexity index is 617. The third-order valence-corrected chi connectivity index (χ3v) is 4.96. The molecule has 20 heavy (non-hydrogen) atoms. The number of thiophene rings is 1. The second-order valence-corrected chi connectivity index (χ2v) is 6.63. The van der Waals surface area contributed by atoms with E-state index in [4.69, 9.17) is 17.3 Å². The van der Waals surface area contributed by atoms with Crippen LogP contribution in [0.25, 0.3) is 5.57 Å². The second kappa shape index (κ2) is 6.34. The van der Waals surface area contributed by atoms with Crippen molar-refractivity contribution < 1.29 is 14.7 Å². The van der Waals surface area contributed by atoms with Crippen LogP contribution in [0.5, 0.6) is 0 Å². The fourth-order valence-corrected chi connectivity index (χ4v) is 3.48. The van der Waals surface area contributed by atoms with Gasteiger partial charge in [-0.15, -0.1) is 11.3 Å². The summed E-state index contributed by atoms with van der Waals surface area (Å²) in [7, 11) is 0. The molecule has 4 nitrogen and oxygen atoms in total. The van der Waals surface area contributed by atoms with Gasteiger partial charge in [-0.25, -0.2) is 0 Å². The number of carboxylic acids is 1. The average molecular weight is 325 g/mol. The van der Waals surface area contributed by atoms with Crippen LogP contribution in [0.15, 0.2) is 34.6 Å². The minimum absolute atomic E-state index is 0.283. The van der Waals surface area contributed by atoms with Crippen molar-refractivity contribution in [2.75, 3.05) is 6.54 Å². The zero-order valence-corrected chi connectivity index (χ0v) is 13.0. The van der Waals surface area contributed by atoms with Gasteiger partial charge in [0.2, 0.25) is 0 Å². The number of hydrogen-bond acceptors (Lipinski definition) is 5. The SMILES string of the molecule is C/C(=C/C=C1/SC(=S)N(CC(=O)O)C1=O)c1cccs1. The molecular formula is C13H11NO3S3. The number of thioether (sulfide) groups is 1. The van der Waals surface area contributed by atoms with Gasteiger partial charge in [-0.2, -0.15) is 0 Å². The highest BCUT2D eigenvalue weighted by Gasteiger charge is 2.32. The number of carbonyl (C=O) groups excluding carboxylic acids is 1. The lowest BCUT2D eigenvalue weighted by atomic mass is 10.2. The summed E-state index contributed by atoms with van der Waals surface area (Å²) in [6, 6.07) is 3.96. The number of aliphatic carboxylic acids is 1. The summed E-state index contributed by atoms with van der Waals surface area (Å²) in [4.78, 5) is 25.4. The van der Waals surface area contributed by atoms with Crippen LogP contribution in [0.3, 0.4) is 0 Å². The van der Waals surface area contributed by atoms with Gasteiger partial charge in [0.1, 0.15) is 10.9 Å². The predicted octanol–water partition coefficient (Wildman–Crippen LogP) is 2.98. The Balaban J connectivity index is 2.16. The highest BCUT2D eigenvalue weighted by molar-refractivity contribution is 8.26. The van der Waals surface area contributed by atoms with Crippen molar-refractivity contribution in [3.05, 3.63) is 39.4 Å². The van der Waals surface area contributed by atoms with Gasteiger partial charge in [-0.1, -0.05) is 36.1 Å². The van der Waals surface area contributed by atoms with Crippen molar-refractivity contribution in [3.8, 4) is 0 Å². The zero-order chi connectivity index (χ0) is 14.7. The van der Waals surface area contributed by atoms with Gasteiger partial charge in [0.05, 0.1) is 4.91 Å². The van der Waals surface area contributed by atoms with E-state index in [1.807, 2.05) is 30.5 Å². The summed E-state index contributed by atoms with van der Waals surface area (Å²) in [5.41, 5.74) is 1.04. The molecule has 0 bridgehead atoms. The molecule has 0 saturated carbocycles. The number of carboxylic acid groups (broad SMARTS) is 1. The summed E-state index contributed by atoms with van der Waals surface area (Å²) in [6.07, 6.45) is 3.54. The van der Waals surface area contributed by atoms with E-state index in [0.29, 0.717) is 4.91 Å². The molecule has 7 heteroatoms. The van der Waals surface area contributed by atoms with Crippen LogP contribution in [-0.2, 0) is 9.59 Å². The second-order valence-electron chi connectivity index (χ2n) is 4.01. The van der Waals surface area contributed by atoms with Gasteiger partial charge in [0, 0.05) is 4.88 Å². The first-order valence-corrected chi connectivity index (χ1v) is 7.77. The van der Waals surface area contributed by atoms with Crippen LogP contribution >= 0.6 is 35.3 Å². The first kappa shape index (κ1) is 15.0. The molecule has 1 aliphatic rings. The highest BCUT2D eigenvalue weighted by atomic mass is 32.2.